The molecule has 0 radical (unpaired) electrons. The van der Waals surface area contributed by atoms with Crippen LogP contribution >= 0.6 is 0 Å². The highest BCUT2D eigenvalue weighted by molar-refractivity contribution is 6.11. The van der Waals surface area contributed by atoms with Gasteiger partial charge in [-0.25, -0.2) is 0 Å². The van der Waals surface area contributed by atoms with Crippen LogP contribution in [0.15, 0.2) is 72.8 Å². The van der Waals surface area contributed by atoms with Crippen molar-refractivity contribution in [2.75, 3.05) is 24.3 Å². The molecule has 5 nitrogen and oxygen atoms in total. The van der Waals surface area contributed by atoms with Crippen LogP contribution in [0.2, 0.25) is 0 Å². The predicted molar refractivity (Wildman–Crippen MR) is 122 cm³/mol. The van der Waals surface area contributed by atoms with Gasteiger partial charge in [-0.05, 0) is 42.5 Å². The van der Waals surface area contributed by atoms with Gasteiger partial charge in [-0.15, -0.1) is 0 Å². The average Bonchev–Trinajstić information content (AvgIpc) is 2.78. The summed E-state index contributed by atoms with van der Waals surface area (Å²) >= 11 is 0. The number of carbonyl (C=O) groups excluding carboxylic acids is 2. The van der Waals surface area contributed by atoms with Crippen LogP contribution in [0.5, 0.6) is 0 Å². The van der Waals surface area contributed by atoms with Crippen molar-refractivity contribution < 1.29 is 9.59 Å². The molecule has 0 spiro atoms. The van der Waals surface area contributed by atoms with Gasteiger partial charge in [0.2, 0.25) is 5.91 Å². The van der Waals surface area contributed by atoms with Crippen molar-refractivity contribution >= 4 is 23.1 Å². The molecular formula is C26H21N3O2. The minimum absolute atomic E-state index is 0.310. The number of Topliss-reactive ketones (excluding diaryl/α,β-unsaturated/α-hetero) is 1. The zero-order valence-corrected chi connectivity index (χ0v) is 17.3. The number of hydrogen-bond acceptors (Lipinski definition) is 4. The highest BCUT2D eigenvalue weighted by atomic mass is 16.2. The second-order valence-corrected chi connectivity index (χ2v) is 7.08. The second kappa shape index (κ2) is 9.91. The van der Waals surface area contributed by atoms with E-state index in [0.717, 1.165) is 16.8 Å². The van der Waals surface area contributed by atoms with Crippen LogP contribution in [0.3, 0.4) is 0 Å². The third-order valence-corrected chi connectivity index (χ3v) is 4.51. The lowest BCUT2D eigenvalue weighted by Crippen LogP contribution is -2.17. The van der Waals surface area contributed by atoms with E-state index in [1.807, 2.05) is 61.5 Å². The van der Waals surface area contributed by atoms with Crippen molar-refractivity contribution in [3.05, 3.63) is 95.1 Å². The molecule has 0 saturated heterocycles. The summed E-state index contributed by atoms with van der Waals surface area (Å²) in [4.78, 5) is 26.8. The molecule has 3 aromatic carbocycles. The monoisotopic (exact) mass is 407 g/mol. The molecule has 0 bridgehead atoms. The van der Waals surface area contributed by atoms with Crippen LogP contribution in [-0.4, -0.2) is 25.8 Å². The van der Waals surface area contributed by atoms with E-state index in [0.29, 0.717) is 16.8 Å². The predicted octanol–water partition coefficient (Wildman–Crippen LogP) is 4.24. The van der Waals surface area contributed by atoms with E-state index in [2.05, 4.69) is 17.2 Å². The van der Waals surface area contributed by atoms with E-state index in [1.165, 1.54) is 6.07 Å². The second-order valence-electron chi connectivity index (χ2n) is 7.08. The molecule has 3 rings (SSSR count). The smallest absolute Gasteiger partial charge is 0.232 e. The van der Waals surface area contributed by atoms with Crippen LogP contribution in [0, 0.1) is 23.2 Å². The normalized spacial score (nSPS) is 9.71. The number of nitrogens with zero attached hydrogens (tertiary/aromatic N) is 2. The van der Waals surface area contributed by atoms with Crippen molar-refractivity contribution in [2.24, 2.45) is 0 Å². The van der Waals surface area contributed by atoms with Gasteiger partial charge in [0.15, 0.2) is 5.78 Å². The fraction of sp³-hybridized carbons (Fsp3) is 0.115. The lowest BCUT2D eigenvalue weighted by atomic mass is 10.1. The van der Waals surface area contributed by atoms with E-state index in [-0.39, 0.29) is 12.2 Å². The average molecular weight is 407 g/mol. The molecule has 1 amide bonds. The number of amides is 1. The van der Waals surface area contributed by atoms with E-state index >= 15 is 0 Å². The SMILES string of the molecule is CN(C)c1ccc(NC(=O)CC(=O)c2cccc(C#N)c2)cc1C#Cc1ccccc1. The molecule has 5 heteroatoms. The van der Waals surface area contributed by atoms with Crippen LogP contribution in [0.1, 0.15) is 33.5 Å². The molecule has 0 saturated carbocycles. The minimum Gasteiger partial charge on any atom is -0.377 e. The van der Waals surface area contributed by atoms with Gasteiger partial charge in [-0.2, -0.15) is 5.26 Å². The zero-order valence-electron chi connectivity index (χ0n) is 17.3. The minimum atomic E-state index is -0.424. The van der Waals surface area contributed by atoms with Gasteiger partial charge in [0.05, 0.1) is 29.3 Å². The molecule has 0 aliphatic carbocycles. The Morgan fingerprint density at radius 3 is 2.35 bits per heavy atom. The van der Waals surface area contributed by atoms with E-state index < -0.39 is 5.91 Å². The summed E-state index contributed by atoms with van der Waals surface area (Å²) in [6.45, 7) is 0. The maximum atomic E-state index is 12.4. The van der Waals surface area contributed by atoms with Crippen LogP contribution < -0.4 is 10.2 Å². The van der Waals surface area contributed by atoms with Crippen molar-refractivity contribution in [2.45, 2.75) is 6.42 Å². The number of benzene rings is 3. The molecule has 31 heavy (non-hydrogen) atoms. The zero-order chi connectivity index (χ0) is 22.2. The van der Waals surface area contributed by atoms with Gasteiger partial charge in [-0.1, -0.05) is 42.2 Å². The molecule has 3 aromatic rings. The van der Waals surface area contributed by atoms with E-state index in [4.69, 9.17) is 5.26 Å². The van der Waals surface area contributed by atoms with E-state index in [9.17, 15) is 9.59 Å². The van der Waals surface area contributed by atoms with Gasteiger partial charge >= 0.3 is 0 Å². The molecule has 1 N–H and O–H groups in total. The fourth-order valence-electron chi connectivity index (χ4n) is 2.98. The Kier molecular flexibility index (Phi) is 6.83. The molecule has 0 aliphatic rings. The quantitative estimate of drug-likeness (QED) is 0.390. The summed E-state index contributed by atoms with van der Waals surface area (Å²) in [5.74, 6) is 5.53. The third-order valence-electron chi connectivity index (χ3n) is 4.51. The maximum absolute atomic E-state index is 12.4. The third kappa shape index (κ3) is 5.82. The first kappa shape index (κ1) is 21.4. The highest BCUT2D eigenvalue weighted by Crippen LogP contribution is 2.22. The fourth-order valence-corrected chi connectivity index (χ4v) is 2.98. The molecule has 0 heterocycles. The molecule has 0 aliphatic heterocycles. The Hall–Kier alpha value is -4.35. The Bertz CT molecular complexity index is 1210. The first-order valence-corrected chi connectivity index (χ1v) is 9.68. The number of rotatable bonds is 5. The first-order chi connectivity index (χ1) is 15.0. The van der Waals surface area contributed by atoms with Crippen molar-refractivity contribution in [1.82, 2.24) is 0 Å². The number of ketones is 1. The van der Waals surface area contributed by atoms with Gasteiger partial charge in [0, 0.05) is 30.9 Å². The molecular weight excluding hydrogens is 386 g/mol. The maximum Gasteiger partial charge on any atom is 0.232 e. The Labute approximate surface area is 181 Å². The molecule has 152 valence electrons. The van der Waals surface area contributed by atoms with Gasteiger partial charge in [-0.3, -0.25) is 9.59 Å². The van der Waals surface area contributed by atoms with Crippen molar-refractivity contribution in [3.63, 3.8) is 0 Å². The van der Waals surface area contributed by atoms with Gasteiger partial charge in [0.1, 0.15) is 0 Å². The topological polar surface area (TPSA) is 73.2 Å². The van der Waals surface area contributed by atoms with Gasteiger partial charge in [0.25, 0.3) is 0 Å². The van der Waals surface area contributed by atoms with E-state index in [1.54, 1.807) is 30.3 Å². The molecule has 0 aromatic heterocycles. The summed E-state index contributed by atoms with van der Waals surface area (Å²) in [6, 6.07) is 23.4. The Morgan fingerprint density at radius 1 is 0.903 bits per heavy atom. The summed E-state index contributed by atoms with van der Waals surface area (Å²) in [5.41, 5.74) is 3.86. The largest absolute Gasteiger partial charge is 0.377 e. The van der Waals surface area contributed by atoms with Crippen LogP contribution in [0.4, 0.5) is 11.4 Å². The number of hydrogen-bond donors (Lipinski definition) is 1. The summed E-state index contributed by atoms with van der Waals surface area (Å²) in [6.07, 6.45) is -0.310. The number of anilines is 2. The lowest BCUT2D eigenvalue weighted by Gasteiger charge is -2.16. The lowest BCUT2D eigenvalue weighted by molar-refractivity contribution is -0.115. The Morgan fingerprint density at radius 2 is 1.65 bits per heavy atom. The first-order valence-electron chi connectivity index (χ1n) is 9.68. The highest BCUT2D eigenvalue weighted by Gasteiger charge is 2.13. The standard InChI is InChI=1S/C26H21N3O2/c1-29(2)24-14-13-23(16-21(24)12-11-19-7-4-3-5-8-19)28-26(31)17-25(30)22-10-6-9-20(15-22)18-27/h3-10,13-16H,17H2,1-2H3,(H,28,31). The molecule has 0 fully saturated rings. The molecule has 0 unspecified atom stereocenters. The van der Waals surface area contributed by atoms with Crippen molar-refractivity contribution in [1.29, 1.82) is 5.26 Å². The summed E-state index contributed by atoms with van der Waals surface area (Å²) in [7, 11) is 3.85. The van der Waals surface area contributed by atoms with Crippen molar-refractivity contribution in [3.8, 4) is 17.9 Å². The van der Waals surface area contributed by atoms with Crippen LogP contribution in [-0.2, 0) is 4.79 Å². The summed E-state index contributed by atoms with van der Waals surface area (Å²) < 4.78 is 0. The molecule has 0 atom stereocenters. The summed E-state index contributed by atoms with van der Waals surface area (Å²) in [5, 5.41) is 11.7. The number of carbonyl (C=O) groups is 2. The number of nitriles is 1. The number of nitrogens with one attached hydrogen (secondary N) is 1. The van der Waals surface area contributed by atoms with Crippen LogP contribution in [0.25, 0.3) is 0 Å². The van der Waals surface area contributed by atoms with Gasteiger partial charge < -0.3 is 10.2 Å². The Balaban J connectivity index is 1.77.